The van der Waals surface area contributed by atoms with E-state index in [2.05, 4.69) is 10.1 Å². The van der Waals surface area contributed by atoms with Gasteiger partial charge < -0.3 is 20.5 Å². The quantitative estimate of drug-likeness (QED) is 0.432. The van der Waals surface area contributed by atoms with Crippen LogP contribution >= 0.6 is 0 Å². The van der Waals surface area contributed by atoms with E-state index in [1.807, 2.05) is 0 Å². The molecule has 9 nitrogen and oxygen atoms in total. The maximum absolute atomic E-state index is 12.5. The van der Waals surface area contributed by atoms with Crippen molar-refractivity contribution < 1.29 is 24.0 Å². The highest BCUT2D eigenvalue weighted by Gasteiger charge is 2.25. The molecule has 0 spiro atoms. The summed E-state index contributed by atoms with van der Waals surface area (Å²) in [6, 6.07) is 13.2. The molecular formula is C22H27N3O6. The zero-order valence-corrected chi connectivity index (χ0v) is 17.8. The minimum atomic E-state index is -0.725. The first-order chi connectivity index (χ1) is 14.6. The Labute approximate surface area is 180 Å². The van der Waals surface area contributed by atoms with Gasteiger partial charge in [-0.25, -0.2) is 4.79 Å². The van der Waals surface area contributed by atoms with E-state index in [-0.39, 0.29) is 23.1 Å². The highest BCUT2D eigenvalue weighted by molar-refractivity contribution is 6.11. The van der Waals surface area contributed by atoms with Crippen molar-refractivity contribution in [1.82, 2.24) is 5.32 Å². The van der Waals surface area contributed by atoms with Gasteiger partial charge in [-0.2, -0.15) is 0 Å². The van der Waals surface area contributed by atoms with Crippen LogP contribution in [0.1, 0.15) is 48.4 Å². The fourth-order valence-electron chi connectivity index (χ4n) is 2.92. The van der Waals surface area contributed by atoms with E-state index in [1.165, 1.54) is 12.1 Å². The molecule has 1 aliphatic heterocycles. The number of primary amides is 1. The van der Waals surface area contributed by atoms with Gasteiger partial charge >= 0.3 is 6.09 Å². The summed E-state index contributed by atoms with van der Waals surface area (Å²) in [4.78, 5) is 33.4. The number of amides is 1. The maximum Gasteiger partial charge on any atom is 0.405 e. The van der Waals surface area contributed by atoms with Crippen LogP contribution in [0.15, 0.2) is 48.5 Å². The first-order valence-corrected chi connectivity index (χ1v) is 9.77. The monoisotopic (exact) mass is 429 g/mol. The van der Waals surface area contributed by atoms with Crippen molar-refractivity contribution in [2.75, 3.05) is 19.7 Å². The van der Waals surface area contributed by atoms with Crippen LogP contribution in [0.2, 0.25) is 0 Å². The second-order valence-corrected chi connectivity index (χ2v) is 7.83. The minimum Gasteiger partial charge on any atom is -0.444 e. The number of nitro benzene ring substituents is 1. The first-order valence-electron chi connectivity index (χ1n) is 9.77. The van der Waals surface area contributed by atoms with E-state index in [1.54, 1.807) is 57.2 Å². The number of nitrogens with one attached hydrogen (secondary N) is 1. The third-order valence-corrected chi connectivity index (χ3v) is 4.21. The van der Waals surface area contributed by atoms with Gasteiger partial charge in [0.25, 0.3) is 5.69 Å². The average molecular weight is 429 g/mol. The standard InChI is InChI=1S/C17H16N2O4.C5H11NO2/c20-17(12-4-2-1-3-5-12)14-7-6-13(10-15(14)19(21)22)16-11-18-8-9-23-16;1-5(2,3)8-4(6)7/h1-7,10,16,18H,8-9,11H2;1-3H3,(H2,6,7). The lowest BCUT2D eigenvalue weighted by Gasteiger charge is -2.24. The molecule has 3 N–H and O–H groups in total. The number of ketones is 1. The van der Waals surface area contributed by atoms with Crippen LogP contribution in [0, 0.1) is 10.1 Å². The molecule has 1 aliphatic rings. The number of carbonyl (C=O) groups excluding carboxylic acids is 2. The van der Waals surface area contributed by atoms with Crippen LogP contribution in [-0.4, -0.2) is 42.1 Å². The molecule has 0 aromatic heterocycles. The number of rotatable bonds is 4. The van der Waals surface area contributed by atoms with E-state index < -0.39 is 16.6 Å². The molecule has 1 fully saturated rings. The van der Waals surface area contributed by atoms with Crippen LogP contribution in [0.5, 0.6) is 0 Å². The summed E-state index contributed by atoms with van der Waals surface area (Å²) in [6.07, 6.45) is -0.958. The Hall–Kier alpha value is -3.30. The summed E-state index contributed by atoms with van der Waals surface area (Å²) in [7, 11) is 0. The lowest BCUT2D eigenvalue weighted by atomic mass is 9.98. The van der Waals surface area contributed by atoms with E-state index >= 15 is 0 Å². The van der Waals surface area contributed by atoms with Crippen LogP contribution in [-0.2, 0) is 9.47 Å². The van der Waals surface area contributed by atoms with Crippen LogP contribution in [0.4, 0.5) is 10.5 Å². The predicted molar refractivity (Wildman–Crippen MR) is 115 cm³/mol. The number of nitrogens with two attached hydrogens (primary N) is 1. The normalized spacial score (nSPS) is 15.9. The van der Waals surface area contributed by atoms with Gasteiger partial charge in [-0.3, -0.25) is 14.9 Å². The van der Waals surface area contributed by atoms with Crippen molar-refractivity contribution in [2.45, 2.75) is 32.5 Å². The van der Waals surface area contributed by atoms with Crippen molar-refractivity contribution in [3.05, 3.63) is 75.3 Å². The Morgan fingerprint density at radius 3 is 2.35 bits per heavy atom. The van der Waals surface area contributed by atoms with Gasteiger partial charge in [0, 0.05) is 24.7 Å². The number of hydrogen-bond donors (Lipinski definition) is 2. The van der Waals surface area contributed by atoms with Crippen molar-refractivity contribution in [3.63, 3.8) is 0 Å². The molecular weight excluding hydrogens is 402 g/mol. The third kappa shape index (κ3) is 7.47. The van der Waals surface area contributed by atoms with E-state index in [9.17, 15) is 19.7 Å². The number of morpholine rings is 1. The van der Waals surface area contributed by atoms with Gasteiger partial charge in [-0.05, 0) is 32.4 Å². The Balaban J connectivity index is 0.000000366. The van der Waals surface area contributed by atoms with E-state index in [4.69, 9.17) is 10.5 Å². The molecule has 1 atom stereocenters. The molecule has 0 radical (unpaired) electrons. The summed E-state index contributed by atoms with van der Waals surface area (Å²) in [5, 5.41) is 14.6. The SMILES string of the molecule is CC(C)(C)OC(N)=O.O=C(c1ccccc1)c1ccc(C2CNCCO2)cc1[N+](=O)[O-]. The molecule has 9 heteroatoms. The fraction of sp³-hybridized carbons (Fsp3) is 0.364. The van der Waals surface area contributed by atoms with Crippen LogP contribution < -0.4 is 11.1 Å². The van der Waals surface area contributed by atoms with E-state index in [0.717, 1.165) is 6.54 Å². The first kappa shape index (κ1) is 24.0. The van der Waals surface area contributed by atoms with E-state index in [0.29, 0.717) is 24.3 Å². The topological polar surface area (TPSA) is 134 Å². The molecule has 0 bridgehead atoms. The lowest BCUT2D eigenvalue weighted by molar-refractivity contribution is -0.385. The van der Waals surface area contributed by atoms with Gasteiger partial charge in [0.2, 0.25) is 0 Å². The highest BCUT2D eigenvalue weighted by atomic mass is 16.6. The van der Waals surface area contributed by atoms with Gasteiger partial charge in [-0.15, -0.1) is 0 Å². The Morgan fingerprint density at radius 2 is 1.87 bits per heavy atom. The molecule has 1 unspecified atom stereocenters. The van der Waals surface area contributed by atoms with Crippen LogP contribution in [0.25, 0.3) is 0 Å². The number of hydrogen-bond acceptors (Lipinski definition) is 7. The number of nitro groups is 1. The van der Waals surface area contributed by atoms with Gasteiger partial charge in [0.1, 0.15) is 11.2 Å². The number of nitrogens with zero attached hydrogens (tertiary/aromatic N) is 1. The minimum absolute atomic E-state index is 0.0914. The Kier molecular flexibility index (Phi) is 8.23. The van der Waals surface area contributed by atoms with Crippen molar-refractivity contribution in [2.24, 2.45) is 5.73 Å². The Bertz CT molecular complexity index is 919. The molecule has 3 rings (SSSR count). The number of benzene rings is 2. The third-order valence-electron chi connectivity index (χ3n) is 4.21. The summed E-state index contributed by atoms with van der Waals surface area (Å²) >= 11 is 0. The van der Waals surface area contributed by atoms with Gasteiger partial charge in [-0.1, -0.05) is 36.4 Å². The molecule has 2 aromatic carbocycles. The molecule has 1 amide bonds. The molecule has 31 heavy (non-hydrogen) atoms. The zero-order valence-electron chi connectivity index (χ0n) is 17.8. The summed E-state index contributed by atoms with van der Waals surface area (Å²) < 4.78 is 10.2. The smallest absolute Gasteiger partial charge is 0.405 e. The summed E-state index contributed by atoms with van der Waals surface area (Å²) in [5.41, 5.74) is 5.30. The van der Waals surface area contributed by atoms with Crippen molar-refractivity contribution in [1.29, 1.82) is 0 Å². The average Bonchev–Trinajstić information content (AvgIpc) is 2.72. The molecule has 0 saturated carbocycles. The van der Waals surface area contributed by atoms with Gasteiger partial charge in [0.05, 0.1) is 17.6 Å². The number of carbonyl (C=O) groups is 2. The van der Waals surface area contributed by atoms with Crippen LogP contribution in [0.3, 0.4) is 0 Å². The summed E-state index contributed by atoms with van der Waals surface area (Å²) in [6.45, 7) is 7.21. The Morgan fingerprint density at radius 1 is 1.19 bits per heavy atom. The molecule has 2 aromatic rings. The largest absolute Gasteiger partial charge is 0.444 e. The second-order valence-electron chi connectivity index (χ2n) is 7.83. The maximum atomic E-state index is 12.5. The molecule has 166 valence electrons. The molecule has 1 saturated heterocycles. The zero-order chi connectivity index (χ0) is 23.0. The predicted octanol–water partition coefficient (Wildman–Crippen LogP) is 3.37. The number of ether oxygens (including phenoxy) is 2. The lowest BCUT2D eigenvalue weighted by Crippen LogP contribution is -2.33. The van der Waals surface area contributed by atoms with Crippen molar-refractivity contribution in [3.8, 4) is 0 Å². The van der Waals surface area contributed by atoms with Crippen molar-refractivity contribution >= 4 is 17.6 Å². The molecule has 0 aliphatic carbocycles. The summed E-state index contributed by atoms with van der Waals surface area (Å²) in [5.74, 6) is -0.355. The highest BCUT2D eigenvalue weighted by Crippen LogP contribution is 2.28. The molecule has 1 heterocycles. The second kappa shape index (κ2) is 10.6. The fourth-order valence-corrected chi connectivity index (χ4v) is 2.92. The van der Waals surface area contributed by atoms with Gasteiger partial charge in [0.15, 0.2) is 5.78 Å².